The Hall–Kier alpha value is -2.37. The Bertz CT molecular complexity index is 678. The van der Waals surface area contributed by atoms with Crippen molar-refractivity contribution in [2.45, 2.75) is 25.2 Å². The number of carbonyl (C=O) groups excluding carboxylic acids is 1. The van der Waals surface area contributed by atoms with Crippen molar-refractivity contribution < 1.29 is 4.79 Å². The summed E-state index contributed by atoms with van der Waals surface area (Å²) in [6.45, 7) is 3.62. The highest BCUT2D eigenvalue weighted by Gasteiger charge is 2.29. The molecule has 120 valence electrons. The molecule has 6 heteroatoms. The number of likely N-dealkylation sites (tertiary alicyclic amines) is 1. The summed E-state index contributed by atoms with van der Waals surface area (Å²) in [4.78, 5) is 21.4. The van der Waals surface area contributed by atoms with E-state index in [0.717, 1.165) is 49.7 Å². The first-order chi connectivity index (χ1) is 11.3. The Morgan fingerprint density at radius 3 is 2.83 bits per heavy atom. The third-order valence-electron chi connectivity index (χ3n) is 4.86. The molecule has 4 rings (SSSR count). The zero-order valence-electron chi connectivity index (χ0n) is 13.1. The molecule has 4 heterocycles. The van der Waals surface area contributed by atoms with Gasteiger partial charge in [0.15, 0.2) is 0 Å². The minimum Gasteiger partial charge on any atom is -0.357 e. The summed E-state index contributed by atoms with van der Waals surface area (Å²) in [6, 6.07) is 5.76. The van der Waals surface area contributed by atoms with Crippen LogP contribution in [0.3, 0.4) is 0 Å². The van der Waals surface area contributed by atoms with Gasteiger partial charge in [0.25, 0.3) is 5.91 Å². The average Bonchev–Trinajstić information content (AvgIpc) is 3.36. The quantitative estimate of drug-likeness (QED) is 0.942. The van der Waals surface area contributed by atoms with Crippen molar-refractivity contribution in [3.05, 3.63) is 41.9 Å². The van der Waals surface area contributed by atoms with Crippen molar-refractivity contribution in [1.82, 2.24) is 20.1 Å². The van der Waals surface area contributed by atoms with Gasteiger partial charge in [0.05, 0.1) is 0 Å². The molecule has 0 aromatic carbocycles. The van der Waals surface area contributed by atoms with Crippen LogP contribution in [0.5, 0.6) is 0 Å². The van der Waals surface area contributed by atoms with E-state index < -0.39 is 0 Å². The normalized spacial score (nSPS) is 21.1. The van der Waals surface area contributed by atoms with Crippen molar-refractivity contribution in [2.24, 2.45) is 0 Å². The summed E-state index contributed by atoms with van der Waals surface area (Å²) >= 11 is 0. The van der Waals surface area contributed by atoms with E-state index in [-0.39, 0.29) is 5.91 Å². The van der Waals surface area contributed by atoms with Crippen molar-refractivity contribution >= 4 is 11.7 Å². The van der Waals surface area contributed by atoms with E-state index in [2.05, 4.69) is 20.1 Å². The van der Waals surface area contributed by atoms with Crippen LogP contribution in [0.15, 0.2) is 30.6 Å². The fourth-order valence-electron chi connectivity index (χ4n) is 3.55. The second-order valence-corrected chi connectivity index (χ2v) is 6.35. The zero-order valence-corrected chi connectivity index (χ0v) is 13.1. The fraction of sp³-hybridized carbons (Fsp3) is 0.471. The molecule has 2 fully saturated rings. The predicted octanol–water partition coefficient (Wildman–Crippen LogP) is 2.03. The highest BCUT2D eigenvalue weighted by Crippen LogP contribution is 2.27. The van der Waals surface area contributed by atoms with E-state index in [1.165, 1.54) is 12.8 Å². The molecule has 0 unspecified atom stereocenters. The topological polar surface area (TPSA) is 65.1 Å². The number of anilines is 1. The zero-order chi connectivity index (χ0) is 15.6. The minimum absolute atomic E-state index is 0.106. The average molecular weight is 311 g/mol. The van der Waals surface area contributed by atoms with Crippen LogP contribution in [0.25, 0.3) is 0 Å². The van der Waals surface area contributed by atoms with Gasteiger partial charge in [-0.2, -0.15) is 5.10 Å². The third-order valence-corrected chi connectivity index (χ3v) is 4.86. The van der Waals surface area contributed by atoms with E-state index in [1.54, 1.807) is 12.4 Å². The lowest BCUT2D eigenvalue weighted by Gasteiger charge is -2.19. The Labute approximate surface area is 135 Å². The molecule has 23 heavy (non-hydrogen) atoms. The number of hydrogen-bond acceptors (Lipinski definition) is 4. The number of nitrogens with one attached hydrogen (secondary N) is 1. The third kappa shape index (κ3) is 2.81. The molecule has 2 aliphatic rings. The molecule has 2 saturated heterocycles. The Balaban J connectivity index is 1.48. The first-order valence-electron chi connectivity index (χ1n) is 8.31. The molecule has 0 bridgehead atoms. The molecular formula is C17H21N5O. The molecule has 6 nitrogen and oxygen atoms in total. The minimum atomic E-state index is 0.106. The van der Waals surface area contributed by atoms with Crippen LogP contribution in [0.2, 0.25) is 0 Å². The van der Waals surface area contributed by atoms with Crippen molar-refractivity contribution in [3.8, 4) is 0 Å². The summed E-state index contributed by atoms with van der Waals surface area (Å²) in [7, 11) is 0. The summed E-state index contributed by atoms with van der Waals surface area (Å²) in [5.41, 5.74) is 1.86. The van der Waals surface area contributed by atoms with Crippen LogP contribution >= 0.6 is 0 Å². The van der Waals surface area contributed by atoms with E-state index in [9.17, 15) is 4.79 Å². The first-order valence-corrected chi connectivity index (χ1v) is 8.31. The molecule has 1 N–H and O–H groups in total. The van der Waals surface area contributed by atoms with Crippen molar-refractivity contribution in [2.75, 3.05) is 31.1 Å². The van der Waals surface area contributed by atoms with Gasteiger partial charge in [0, 0.05) is 55.7 Å². The molecule has 2 aromatic heterocycles. The Kier molecular flexibility index (Phi) is 3.73. The number of hydrogen-bond donors (Lipinski definition) is 1. The molecule has 2 aliphatic heterocycles. The van der Waals surface area contributed by atoms with Gasteiger partial charge in [-0.15, -0.1) is 0 Å². The van der Waals surface area contributed by atoms with Crippen LogP contribution in [0.1, 0.15) is 41.2 Å². The number of pyridine rings is 1. The fourth-order valence-corrected chi connectivity index (χ4v) is 3.55. The van der Waals surface area contributed by atoms with Gasteiger partial charge in [0.1, 0.15) is 5.82 Å². The van der Waals surface area contributed by atoms with Gasteiger partial charge >= 0.3 is 0 Å². The van der Waals surface area contributed by atoms with Crippen LogP contribution in [-0.2, 0) is 0 Å². The van der Waals surface area contributed by atoms with Gasteiger partial charge in [-0.1, -0.05) is 0 Å². The van der Waals surface area contributed by atoms with Crippen LogP contribution < -0.4 is 4.90 Å². The second kappa shape index (κ2) is 6.02. The largest absolute Gasteiger partial charge is 0.357 e. The molecule has 0 saturated carbocycles. The summed E-state index contributed by atoms with van der Waals surface area (Å²) in [5.74, 6) is 1.40. The number of carbonyl (C=O) groups is 1. The van der Waals surface area contributed by atoms with Crippen LogP contribution in [0, 0.1) is 0 Å². The van der Waals surface area contributed by atoms with Gasteiger partial charge in [-0.3, -0.25) is 9.89 Å². The maximum atomic E-state index is 12.8. The standard InChI is InChI=1S/C17H21N5O/c23-17(22-10-5-14(12-22)15-4-7-19-20-15)13-3-6-18-16(11-13)21-8-1-2-9-21/h3-4,6-7,11,14H,1-2,5,8-10,12H2,(H,19,20)/t14-/m0/s1. The second-order valence-electron chi connectivity index (χ2n) is 6.35. The van der Waals surface area contributed by atoms with E-state index in [0.29, 0.717) is 5.92 Å². The molecule has 1 amide bonds. The van der Waals surface area contributed by atoms with E-state index in [1.807, 2.05) is 23.1 Å². The lowest BCUT2D eigenvalue weighted by molar-refractivity contribution is 0.0790. The molecule has 0 spiro atoms. The highest BCUT2D eigenvalue weighted by atomic mass is 16.2. The number of rotatable bonds is 3. The summed E-state index contributed by atoms with van der Waals surface area (Å²) in [6.07, 6.45) is 6.92. The lowest BCUT2D eigenvalue weighted by Crippen LogP contribution is -2.29. The Morgan fingerprint density at radius 2 is 2.04 bits per heavy atom. The number of nitrogens with zero attached hydrogens (tertiary/aromatic N) is 4. The molecule has 0 aliphatic carbocycles. The van der Waals surface area contributed by atoms with E-state index in [4.69, 9.17) is 0 Å². The number of amides is 1. The first kappa shape index (κ1) is 14.2. The number of H-pyrrole nitrogens is 1. The predicted molar refractivity (Wildman–Crippen MR) is 87.5 cm³/mol. The summed E-state index contributed by atoms with van der Waals surface area (Å²) < 4.78 is 0. The maximum absolute atomic E-state index is 12.8. The molecule has 0 radical (unpaired) electrons. The molecule has 1 atom stereocenters. The maximum Gasteiger partial charge on any atom is 0.254 e. The van der Waals surface area contributed by atoms with Crippen LogP contribution in [-0.4, -0.2) is 52.2 Å². The highest BCUT2D eigenvalue weighted by molar-refractivity contribution is 5.95. The van der Waals surface area contributed by atoms with Gasteiger partial charge in [-0.25, -0.2) is 4.98 Å². The Morgan fingerprint density at radius 1 is 1.17 bits per heavy atom. The number of aromatic amines is 1. The van der Waals surface area contributed by atoms with Gasteiger partial charge < -0.3 is 9.80 Å². The lowest BCUT2D eigenvalue weighted by atomic mass is 10.1. The van der Waals surface area contributed by atoms with Crippen molar-refractivity contribution in [3.63, 3.8) is 0 Å². The van der Waals surface area contributed by atoms with E-state index >= 15 is 0 Å². The molecular weight excluding hydrogens is 290 g/mol. The SMILES string of the molecule is O=C(c1ccnc(N2CCCC2)c1)N1CC[C@H](c2ccn[nH]2)C1. The molecule has 2 aromatic rings. The smallest absolute Gasteiger partial charge is 0.254 e. The van der Waals surface area contributed by atoms with Crippen molar-refractivity contribution in [1.29, 1.82) is 0 Å². The monoisotopic (exact) mass is 311 g/mol. The van der Waals surface area contributed by atoms with Gasteiger partial charge in [0.2, 0.25) is 0 Å². The van der Waals surface area contributed by atoms with Gasteiger partial charge in [-0.05, 0) is 37.5 Å². The number of aromatic nitrogens is 3. The summed E-state index contributed by atoms with van der Waals surface area (Å²) in [5, 5.41) is 7.03. The van der Waals surface area contributed by atoms with Crippen LogP contribution in [0.4, 0.5) is 5.82 Å².